The Kier molecular flexibility index (Phi) is 4.78. The Morgan fingerprint density at radius 2 is 2.32 bits per heavy atom. The number of carbonyl (C=O) groups excluding carboxylic acids is 1. The van der Waals surface area contributed by atoms with Crippen molar-refractivity contribution in [2.45, 2.75) is 45.2 Å². The Morgan fingerprint density at radius 1 is 1.45 bits per heavy atom. The molecule has 0 spiro atoms. The highest BCUT2D eigenvalue weighted by molar-refractivity contribution is 5.77. The van der Waals surface area contributed by atoms with Crippen LogP contribution in [0.1, 0.15) is 37.1 Å². The number of hydrogen-bond acceptors (Lipinski definition) is 4. The smallest absolute Gasteiger partial charge is 0.222 e. The molecule has 122 valence electrons. The molecule has 0 aliphatic carbocycles. The zero-order valence-electron chi connectivity index (χ0n) is 13.3. The molecule has 0 bridgehead atoms. The van der Waals surface area contributed by atoms with Gasteiger partial charge in [0.1, 0.15) is 0 Å². The molecule has 3 heterocycles. The van der Waals surface area contributed by atoms with Crippen LogP contribution in [-0.4, -0.2) is 63.1 Å². The molecule has 6 heteroatoms. The van der Waals surface area contributed by atoms with Crippen molar-refractivity contribution >= 4 is 5.91 Å². The van der Waals surface area contributed by atoms with Gasteiger partial charge in [0.25, 0.3) is 0 Å². The highest BCUT2D eigenvalue weighted by atomic mass is 16.3. The van der Waals surface area contributed by atoms with Gasteiger partial charge in [0.05, 0.1) is 12.0 Å². The van der Waals surface area contributed by atoms with Gasteiger partial charge in [-0.25, -0.2) is 4.98 Å². The number of amides is 1. The summed E-state index contributed by atoms with van der Waals surface area (Å²) in [5, 5.41) is 9.03. The summed E-state index contributed by atoms with van der Waals surface area (Å²) in [6.45, 7) is 5.87. The van der Waals surface area contributed by atoms with Crippen LogP contribution in [-0.2, 0) is 11.3 Å². The molecular weight excluding hydrogens is 280 g/mol. The van der Waals surface area contributed by atoms with E-state index in [1.807, 2.05) is 4.90 Å². The summed E-state index contributed by atoms with van der Waals surface area (Å²) in [7, 11) is 0. The van der Waals surface area contributed by atoms with Gasteiger partial charge in [-0.1, -0.05) is 0 Å². The average Bonchev–Trinajstić information content (AvgIpc) is 2.91. The Balaban J connectivity index is 1.61. The van der Waals surface area contributed by atoms with Gasteiger partial charge in [0.2, 0.25) is 5.91 Å². The number of fused-ring (bicyclic) bond motifs is 1. The van der Waals surface area contributed by atoms with Gasteiger partial charge in [0.15, 0.2) is 0 Å². The summed E-state index contributed by atoms with van der Waals surface area (Å²) in [6.07, 6.45) is 5.13. The first kappa shape index (κ1) is 15.5. The normalized spacial score (nSPS) is 26.3. The first-order chi connectivity index (χ1) is 10.7. The highest BCUT2D eigenvalue weighted by Crippen LogP contribution is 2.31. The molecule has 2 saturated heterocycles. The van der Waals surface area contributed by atoms with Crippen LogP contribution in [0, 0.1) is 12.8 Å². The van der Waals surface area contributed by atoms with Crippen molar-refractivity contribution in [3.8, 4) is 0 Å². The number of H-pyrrole nitrogens is 1. The van der Waals surface area contributed by atoms with E-state index in [0.717, 1.165) is 43.9 Å². The predicted octanol–water partition coefficient (Wildman–Crippen LogP) is 0.913. The molecule has 2 N–H and O–H groups in total. The molecular formula is C16H26N4O2. The molecule has 6 nitrogen and oxygen atoms in total. The number of likely N-dealkylation sites (tertiary alicyclic amines) is 2. The zero-order chi connectivity index (χ0) is 15.5. The van der Waals surface area contributed by atoms with Gasteiger partial charge in [-0.15, -0.1) is 0 Å². The maximum absolute atomic E-state index is 12.2. The van der Waals surface area contributed by atoms with Crippen LogP contribution in [0.4, 0.5) is 0 Å². The van der Waals surface area contributed by atoms with Gasteiger partial charge in [-0.2, -0.15) is 0 Å². The third-order valence-electron chi connectivity index (χ3n) is 5.09. The largest absolute Gasteiger partial charge is 0.396 e. The molecule has 2 fully saturated rings. The van der Waals surface area contributed by atoms with Crippen LogP contribution < -0.4 is 0 Å². The molecule has 0 radical (unpaired) electrons. The lowest BCUT2D eigenvalue weighted by Gasteiger charge is -2.47. The SMILES string of the molecule is Cc1[nH]cnc1CN1CC[C@@H]2[C@@H](CCC(=O)N2CCCO)C1. The maximum atomic E-state index is 12.2. The molecule has 1 amide bonds. The minimum atomic E-state index is 0.158. The molecule has 0 aromatic carbocycles. The second kappa shape index (κ2) is 6.79. The van der Waals surface area contributed by atoms with Crippen molar-refractivity contribution < 1.29 is 9.90 Å². The van der Waals surface area contributed by atoms with Gasteiger partial charge < -0.3 is 15.0 Å². The van der Waals surface area contributed by atoms with E-state index < -0.39 is 0 Å². The number of imidazole rings is 1. The summed E-state index contributed by atoms with van der Waals surface area (Å²) in [5.41, 5.74) is 2.27. The maximum Gasteiger partial charge on any atom is 0.222 e. The van der Waals surface area contributed by atoms with Crippen molar-refractivity contribution in [3.63, 3.8) is 0 Å². The van der Waals surface area contributed by atoms with E-state index in [1.165, 1.54) is 0 Å². The third-order valence-corrected chi connectivity index (χ3v) is 5.09. The van der Waals surface area contributed by atoms with Crippen molar-refractivity contribution in [1.29, 1.82) is 0 Å². The van der Waals surface area contributed by atoms with E-state index in [0.29, 0.717) is 31.3 Å². The number of aromatic amines is 1. The van der Waals surface area contributed by atoms with Gasteiger partial charge >= 0.3 is 0 Å². The molecule has 3 rings (SSSR count). The van der Waals surface area contributed by atoms with Gasteiger partial charge in [-0.3, -0.25) is 9.69 Å². The quantitative estimate of drug-likeness (QED) is 0.848. The predicted molar refractivity (Wildman–Crippen MR) is 83.1 cm³/mol. The summed E-state index contributed by atoms with van der Waals surface area (Å²) in [4.78, 5) is 24.2. The van der Waals surface area contributed by atoms with Crippen molar-refractivity contribution in [3.05, 3.63) is 17.7 Å². The Labute approximate surface area is 131 Å². The number of nitrogens with one attached hydrogen (secondary N) is 1. The number of aromatic nitrogens is 2. The molecule has 1 aromatic rings. The minimum Gasteiger partial charge on any atom is -0.396 e. The Hall–Kier alpha value is -1.40. The van der Waals surface area contributed by atoms with Gasteiger partial charge in [0, 0.05) is 50.9 Å². The lowest BCUT2D eigenvalue weighted by molar-refractivity contribution is -0.141. The van der Waals surface area contributed by atoms with Crippen LogP contribution in [0.5, 0.6) is 0 Å². The zero-order valence-corrected chi connectivity index (χ0v) is 13.3. The molecule has 2 atom stereocenters. The van der Waals surface area contributed by atoms with Crippen LogP contribution in [0.2, 0.25) is 0 Å². The standard InChI is InChI=1S/C16H26N4O2/c1-12-14(18-11-17-12)10-19-7-5-15-13(9-19)3-4-16(22)20(15)6-2-8-21/h11,13,15,21H,2-10H2,1H3,(H,17,18)/t13-,15+/m0/s1. The number of carbonyl (C=O) groups is 1. The number of hydrogen-bond donors (Lipinski definition) is 2. The number of rotatable bonds is 5. The second-order valence-electron chi connectivity index (χ2n) is 6.53. The third kappa shape index (κ3) is 3.17. The number of aryl methyl sites for hydroxylation is 1. The van der Waals surface area contributed by atoms with E-state index in [1.54, 1.807) is 6.33 Å². The number of aliphatic hydroxyl groups excluding tert-OH is 1. The van der Waals surface area contributed by atoms with Crippen LogP contribution in [0.3, 0.4) is 0 Å². The molecule has 2 aliphatic rings. The molecule has 1 aromatic heterocycles. The summed E-state index contributed by atoms with van der Waals surface area (Å²) in [6, 6.07) is 0.365. The monoisotopic (exact) mass is 306 g/mol. The van der Waals surface area contributed by atoms with Crippen molar-refractivity contribution in [1.82, 2.24) is 19.8 Å². The van der Waals surface area contributed by atoms with Gasteiger partial charge in [-0.05, 0) is 32.1 Å². The van der Waals surface area contributed by atoms with E-state index in [2.05, 4.69) is 21.8 Å². The number of aliphatic hydroxyl groups is 1. The fourth-order valence-electron chi connectivity index (χ4n) is 3.86. The topological polar surface area (TPSA) is 72.5 Å². The molecule has 22 heavy (non-hydrogen) atoms. The Bertz CT molecular complexity index is 516. The summed E-state index contributed by atoms with van der Waals surface area (Å²) >= 11 is 0. The van der Waals surface area contributed by atoms with Crippen molar-refractivity contribution in [2.75, 3.05) is 26.2 Å². The lowest BCUT2D eigenvalue weighted by Crippen LogP contribution is -2.56. The van der Waals surface area contributed by atoms with E-state index in [4.69, 9.17) is 5.11 Å². The molecule has 0 unspecified atom stereocenters. The molecule has 2 aliphatic heterocycles. The average molecular weight is 306 g/mol. The second-order valence-corrected chi connectivity index (χ2v) is 6.53. The summed E-state index contributed by atoms with van der Waals surface area (Å²) < 4.78 is 0. The van der Waals surface area contributed by atoms with E-state index >= 15 is 0 Å². The van der Waals surface area contributed by atoms with Crippen LogP contribution in [0.25, 0.3) is 0 Å². The number of nitrogens with zero attached hydrogens (tertiary/aromatic N) is 3. The van der Waals surface area contributed by atoms with E-state index in [-0.39, 0.29) is 12.5 Å². The fourth-order valence-corrected chi connectivity index (χ4v) is 3.86. The fraction of sp³-hybridized carbons (Fsp3) is 0.750. The summed E-state index contributed by atoms with van der Waals surface area (Å²) in [5.74, 6) is 0.829. The first-order valence-electron chi connectivity index (χ1n) is 8.30. The molecule has 0 saturated carbocycles. The van der Waals surface area contributed by atoms with Crippen LogP contribution in [0.15, 0.2) is 6.33 Å². The van der Waals surface area contributed by atoms with Crippen LogP contribution >= 0.6 is 0 Å². The van der Waals surface area contributed by atoms with Crippen molar-refractivity contribution in [2.24, 2.45) is 5.92 Å². The lowest BCUT2D eigenvalue weighted by atomic mass is 9.83. The Morgan fingerprint density at radius 3 is 3.05 bits per heavy atom. The first-order valence-corrected chi connectivity index (χ1v) is 8.30. The van der Waals surface area contributed by atoms with E-state index in [9.17, 15) is 4.79 Å². The highest BCUT2D eigenvalue weighted by Gasteiger charge is 2.38. The number of piperidine rings is 2. The minimum absolute atomic E-state index is 0.158.